The van der Waals surface area contributed by atoms with Gasteiger partial charge < -0.3 is 5.11 Å². The zero-order chi connectivity index (χ0) is 20.9. The van der Waals surface area contributed by atoms with Gasteiger partial charge in [-0.2, -0.15) is 0 Å². The predicted molar refractivity (Wildman–Crippen MR) is 123 cm³/mol. The van der Waals surface area contributed by atoms with E-state index < -0.39 is 5.97 Å². The molecule has 2 heteroatoms. The smallest absolute Gasteiger partial charge is 0.327 e. The number of rotatable bonds is 3. The van der Waals surface area contributed by atoms with Gasteiger partial charge in [0.05, 0.1) is 0 Å². The lowest BCUT2D eigenvalue weighted by Gasteiger charge is -2.16. The van der Waals surface area contributed by atoms with Crippen LogP contribution in [0.3, 0.4) is 0 Å². The molecule has 146 valence electrons. The number of aliphatic carboxylic acids is 1. The highest BCUT2D eigenvalue weighted by molar-refractivity contribution is 5.93. The maximum absolute atomic E-state index is 9.25. The Morgan fingerprint density at radius 1 is 0.700 bits per heavy atom. The molecule has 0 radical (unpaired) electrons. The number of fused-ring (bicyclic) bond motifs is 3. The Morgan fingerprint density at radius 2 is 1.23 bits per heavy atom. The Morgan fingerprint density at radius 3 is 1.87 bits per heavy atom. The second kappa shape index (κ2) is 8.62. The second-order valence-corrected chi connectivity index (χ2v) is 7.12. The molecule has 0 saturated heterocycles. The first-order valence-electron chi connectivity index (χ1n) is 9.89. The maximum Gasteiger partial charge on any atom is 0.327 e. The quantitative estimate of drug-likeness (QED) is 0.342. The lowest BCUT2D eigenvalue weighted by molar-refractivity contribution is -0.131. The number of carbonyl (C=O) groups is 1. The van der Waals surface area contributed by atoms with Gasteiger partial charge in [-0.3, -0.25) is 0 Å². The van der Waals surface area contributed by atoms with Gasteiger partial charge in [-0.15, -0.1) is 0 Å². The van der Waals surface area contributed by atoms with Gasteiger partial charge in [0.15, 0.2) is 0 Å². The Kier molecular flexibility index (Phi) is 5.58. The first-order chi connectivity index (χ1) is 14.7. The Bertz CT molecular complexity index is 1190. The van der Waals surface area contributed by atoms with Crippen LogP contribution in [-0.4, -0.2) is 11.1 Å². The summed E-state index contributed by atoms with van der Waals surface area (Å²) < 4.78 is 0. The predicted octanol–water partition coefficient (Wildman–Crippen LogP) is 6.85. The Balaban J connectivity index is 0.000000393. The lowest BCUT2D eigenvalue weighted by atomic mass is 9.88. The highest BCUT2D eigenvalue weighted by Gasteiger charge is 2.23. The molecule has 1 aliphatic rings. The molecule has 0 amide bonds. The average Bonchev–Trinajstić information content (AvgIpc) is 3.18. The highest BCUT2D eigenvalue weighted by Crippen LogP contribution is 2.45. The van der Waals surface area contributed by atoms with Crippen LogP contribution in [0.2, 0.25) is 0 Å². The first kappa shape index (κ1) is 19.4. The summed E-state index contributed by atoms with van der Waals surface area (Å²) in [4.78, 5) is 9.25. The minimum Gasteiger partial charge on any atom is -0.478 e. The molecular formula is C28H22O2. The fourth-order valence-corrected chi connectivity index (χ4v) is 4.00. The minimum atomic E-state index is -0.981. The molecule has 2 nitrogen and oxygen atoms in total. The molecule has 30 heavy (non-hydrogen) atoms. The largest absolute Gasteiger partial charge is 0.478 e. The van der Waals surface area contributed by atoms with Crippen molar-refractivity contribution in [3.63, 3.8) is 0 Å². The van der Waals surface area contributed by atoms with E-state index in [4.69, 9.17) is 5.11 Å². The van der Waals surface area contributed by atoms with Crippen molar-refractivity contribution >= 4 is 5.97 Å². The third-order valence-electron chi connectivity index (χ3n) is 5.31. The van der Waals surface area contributed by atoms with E-state index in [-0.39, 0.29) is 0 Å². The van der Waals surface area contributed by atoms with Crippen LogP contribution in [0.5, 0.6) is 0 Å². The summed E-state index contributed by atoms with van der Waals surface area (Å²) in [5.74, 6) is -0.981. The van der Waals surface area contributed by atoms with E-state index in [1.807, 2.05) is 0 Å². The topological polar surface area (TPSA) is 37.3 Å². The molecule has 0 heterocycles. The molecule has 0 atom stereocenters. The normalized spacial score (nSPS) is 10.9. The summed E-state index contributed by atoms with van der Waals surface area (Å²) in [7, 11) is 0. The molecule has 0 aromatic heterocycles. The summed E-state index contributed by atoms with van der Waals surface area (Å²) in [6.45, 7) is 2.96. The molecular weight excluding hydrogens is 368 g/mol. The molecule has 5 rings (SSSR count). The zero-order valence-electron chi connectivity index (χ0n) is 16.6. The third kappa shape index (κ3) is 3.81. The summed E-state index contributed by atoms with van der Waals surface area (Å²) in [6.07, 6.45) is 1.84. The number of carboxylic acid groups (broad SMARTS) is 1. The zero-order valence-corrected chi connectivity index (χ0v) is 16.6. The highest BCUT2D eigenvalue weighted by atomic mass is 16.4. The summed E-state index contributed by atoms with van der Waals surface area (Å²) in [6, 6.07) is 34.9. The van der Waals surface area contributed by atoms with Crippen LogP contribution in [-0.2, 0) is 11.2 Å². The van der Waals surface area contributed by atoms with Crippen molar-refractivity contribution in [2.24, 2.45) is 0 Å². The minimum absolute atomic E-state index is 0.833. The van der Waals surface area contributed by atoms with E-state index in [1.165, 1.54) is 44.5 Å². The van der Waals surface area contributed by atoms with Crippen LogP contribution in [0.4, 0.5) is 0 Å². The fourth-order valence-electron chi connectivity index (χ4n) is 4.00. The molecule has 0 spiro atoms. The second-order valence-electron chi connectivity index (χ2n) is 7.12. The maximum atomic E-state index is 9.25. The molecule has 4 aromatic rings. The monoisotopic (exact) mass is 390 g/mol. The van der Waals surface area contributed by atoms with Crippen molar-refractivity contribution in [3.05, 3.63) is 121 Å². The van der Waals surface area contributed by atoms with Gasteiger partial charge in [-0.1, -0.05) is 104 Å². The number of benzene rings is 4. The van der Waals surface area contributed by atoms with Gasteiger partial charge in [0.1, 0.15) is 0 Å². The van der Waals surface area contributed by atoms with Crippen LogP contribution in [0.15, 0.2) is 110 Å². The molecule has 0 unspecified atom stereocenters. The van der Waals surface area contributed by atoms with Crippen molar-refractivity contribution in [3.8, 4) is 33.4 Å². The van der Waals surface area contributed by atoms with Gasteiger partial charge in [-0.25, -0.2) is 4.79 Å². The van der Waals surface area contributed by atoms with Gasteiger partial charge in [0, 0.05) is 6.08 Å². The third-order valence-corrected chi connectivity index (χ3v) is 5.31. The van der Waals surface area contributed by atoms with Crippen LogP contribution in [0.1, 0.15) is 11.1 Å². The lowest BCUT2D eigenvalue weighted by Crippen LogP contribution is -1.92. The van der Waals surface area contributed by atoms with Gasteiger partial charge >= 0.3 is 5.97 Å². The van der Waals surface area contributed by atoms with Crippen molar-refractivity contribution < 1.29 is 9.90 Å². The van der Waals surface area contributed by atoms with E-state index in [1.54, 1.807) is 0 Å². The molecule has 1 aliphatic carbocycles. The van der Waals surface area contributed by atoms with Crippen molar-refractivity contribution in [2.45, 2.75) is 6.42 Å². The SMILES string of the molecule is C=CC(=O)O.c1ccc(-c2ccc3c(c2-c2ccccc2)Cc2ccccc2-3)cc1. The molecule has 0 fully saturated rings. The Hall–Kier alpha value is -3.91. The standard InChI is InChI=1S/C25H18.C3H4O2/c1-3-9-18(10-4-1)22-15-16-23-21-14-8-7-13-20(21)17-24(23)25(22)19-11-5-2-6-12-19;1-2-3(4)5/h1-16H,17H2;2H,1H2,(H,4,5). The average molecular weight is 390 g/mol. The molecule has 4 aromatic carbocycles. The number of carboxylic acids is 1. The van der Waals surface area contributed by atoms with E-state index in [0.29, 0.717) is 0 Å². The van der Waals surface area contributed by atoms with E-state index in [9.17, 15) is 4.79 Å². The Labute approximate surface area is 176 Å². The van der Waals surface area contributed by atoms with Crippen LogP contribution < -0.4 is 0 Å². The van der Waals surface area contributed by atoms with Crippen LogP contribution in [0.25, 0.3) is 33.4 Å². The summed E-state index contributed by atoms with van der Waals surface area (Å²) in [5, 5.41) is 7.60. The summed E-state index contributed by atoms with van der Waals surface area (Å²) >= 11 is 0. The first-order valence-corrected chi connectivity index (χ1v) is 9.89. The van der Waals surface area contributed by atoms with E-state index >= 15 is 0 Å². The van der Waals surface area contributed by atoms with Gasteiger partial charge in [0.25, 0.3) is 0 Å². The fraction of sp³-hybridized carbons (Fsp3) is 0.0357. The molecule has 0 aliphatic heterocycles. The van der Waals surface area contributed by atoms with Crippen LogP contribution in [0, 0.1) is 0 Å². The molecule has 1 N–H and O–H groups in total. The summed E-state index contributed by atoms with van der Waals surface area (Å²) in [5.41, 5.74) is 10.9. The number of hydrogen-bond acceptors (Lipinski definition) is 1. The molecule has 0 saturated carbocycles. The van der Waals surface area contributed by atoms with Gasteiger partial charge in [0.2, 0.25) is 0 Å². The van der Waals surface area contributed by atoms with Crippen molar-refractivity contribution in [1.82, 2.24) is 0 Å². The van der Waals surface area contributed by atoms with Crippen LogP contribution >= 0.6 is 0 Å². The van der Waals surface area contributed by atoms with E-state index in [0.717, 1.165) is 12.5 Å². The number of hydrogen-bond donors (Lipinski definition) is 1. The van der Waals surface area contributed by atoms with Crippen molar-refractivity contribution in [2.75, 3.05) is 0 Å². The van der Waals surface area contributed by atoms with Gasteiger partial charge in [-0.05, 0) is 50.9 Å². The van der Waals surface area contributed by atoms with Crippen molar-refractivity contribution in [1.29, 1.82) is 0 Å². The van der Waals surface area contributed by atoms with E-state index in [2.05, 4.69) is 104 Å². The molecule has 0 bridgehead atoms.